The molecular weight excluding hydrogens is 330 g/mol. The van der Waals surface area contributed by atoms with Crippen molar-refractivity contribution in [1.29, 1.82) is 0 Å². The molecule has 138 valence electrons. The molecule has 0 bridgehead atoms. The van der Waals surface area contributed by atoms with Gasteiger partial charge in [0.05, 0.1) is 13.2 Å². The van der Waals surface area contributed by atoms with Crippen LogP contribution in [0.5, 0.6) is 0 Å². The topological polar surface area (TPSA) is 79.5 Å². The molecule has 6 nitrogen and oxygen atoms in total. The average Bonchev–Trinajstić information content (AvgIpc) is 2.63. The highest BCUT2D eigenvalue weighted by atomic mass is 16.5. The highest BCUT2D eigenvalue weighted by Crippen LogP contribution is 2.14. The molecule has 0 atom stereocenters. The first kappa shape index (κ1) is 19.5. The Balaban J connectivity index is 1.88. The maximum Gasteiger partial charge on any atom is 0.251 e. The predicted octanol–water partition coefficient (Wildman–Crippen LogP) is 2.73. The third kappa shape index (κ3) is 5.89. The number of hydrogen-bond donors (Lipinski definition) is 3. The van der Waals surface area contributed by atoms with Gasteiger partial charge in [0.2, 0.25) is 5.91 Å². The summed E-state index contributed by atoms with van der Waals surface area (Å²) in [5.74, 6) is -0.325. The highest BCUT2D eigenvalue weighted by Gasteiger charge is 2.07. The molecule has 2 aromatic carbocycles. The minimum Gasteiger partial charge on any atom is -0.383 e. The van der Waals surface area contributed by atoms with Crippen LogP contribution in [-0.2, 0) is 9.53 Å². The van der Waals surface area contributed by atoms with E-state index in [1.54, 1.807) is 25.3 Å². The van der Waals surface area contributed by atoms with Gasteiger partial charge in [-0.3, -0.25) is 9.59 Å². The van der Waals surface area contributed by atoms with Crippen LogP contribution in [0.3, 0.4) is 0 Å². The number of anilines is 2. The van der Waals surface area contributed by atoms with Crippen molar-refractivity contribution in [2.75, 3.05) is 37.4 Å². The molecule has 0 radical (unpaired) electrons. The summed E-state index contributed by atoms with van der Waals surface area (Å²) >= 11 is 0. The lowest BCUT2D eigenvalue weighted by Gasteiger charge is -2.10. The van der Waals surface area contributed by atoms with Crippen molar-refractivity contribution in [3.05, 3.63) is 59.2 Å². The Kier molecular flexibility index (Phi) is 7.17. The summed E-state index contributed by atoms with van der Waals surface area (Å²) in [6.07, 6.45) is 0. The summed E-state index contributed by atoms with van der Waals surface area (Å²) in [4.78, 5) is 24.1. The van der Waals surface area contributed by atoms with Gasteiger partial charge in [0.15, 0.2) is 0 Å². The standard InChI is InChI=1S/C20H25N3O3/c1-14-7-8-18(11-15(14)2)23-19(24)13-22-17-6-4-5-16(12-17)20(25)21-9-10-26-3/h4-8,11-12,22H,9-10,13H2,1-3H3,(H,21,25)(H,23,24). The van der Waals surface area contributed by atoms with E-state index >= 15 is 0 Å². The zero-order chi connectivity index (χ0) is 18.9. The van der Waals surface area contributed by atoms with E-state index in [0.717, 1.165) is 11.3 Å². The molecule has 0 saturated heterocycles. The summed E-state index contributed by atoms with van der Waals surface area (Å²) in [6, 6.07) is 12.8. The molecular formula is C20H25N3O3. The van der Waals surface area contributed by atoms with Gasteiger partial charge in [-0.1, -0.05) is 12.1 Å². The number of methoxy groups -OCH3 is 1. The lowest BCUT2D eigenvalue weighted by Crippen LogP contribution is -2.27. The monoisotopic (exact) mass is 355 g/mol. The SMILES string of the molecule is COCCNC(=O)c1cccc(NCC(=O)Nc2ccc(C)c(C)c2)c1. The molecule has 0 aromatic heterocycles. The molecule has 0 aliphatic rings. The molecule has 0 saturated carbocycles. The second-order valence-corrected chi connectivity index (χ2v) is 6.03. The molecule has 2 rings (SSSR count). The maximum atomic E-state index is 12.1. The second-order valence-electron chi connectivity index (χ2n) is 6.03. The molecule has 26 heavy (non-hydrogen) atoms. The van der Waals surface area contributed by atoms with E-state index in [-0.39, 0.29) is 18.4 Å². The Morgan fingerprint density at radius 1 is 1.00 bits per heavy atom. The van der Waals surface area contributed by atoms with Crippen LogP contribution in [0.15, 0.2) is 42.5 Å². The lowest BCUT2D eigenvalue weighted by molar-refractivity contribution is -0.114. The molecule has 0 spiro atoms. The third-order valence-corrected chi connectivity index (χ3v) is 3.96. The minimum atomic E-state index is -0.176. The van der Waals surface area contributed by atoms with E-state index in [1.165, 1.54) is 5.56 Å². The van der Waals surface area contributed by atoms with Crippen LogP contribution in [0, 0.1) is 13.8 Å². The summed E-state index contributed by atoms with van der Waals surface area (Å²) < 4.78 is 4.91. The van der Waals surface area contributed by atoms with Gasteiger partial charge in [0.25, 0.3) is 5.91 Å². The molecule has 6 heteroatoms. The molecule has 2 amide bonds. The largest absolute Gasteiger partial charge is 0.383 e. The molecule has 2 aromatic rings. The Morgan fingerprint density at radius 3 is 2.54 bits per heavy atom. The van der Waals surface area contributed by atoms with Crippen LogP contribution >= 0.6 is 0 Å². The lowest BCUT2D eigenvalue weighted by atomic mass is 10.1. The zero-order valence-electron chi connectivity index (χ0n) is 15.4. The van der Waals surface area contributed by atoms with Gasteiger partial charge >= 0.3 is 0 Å². The number of rotatable bonds is 8. The van der Waals surface area contributed by atoms with Crippen LogP contribution in [-0.4, -0.2) is 38.6 Å². The van der Waals surface area contributed by atoms with Gasteiger partial charge in [0, 0.05) is 30.6 Å². The first-order valence-electron chi connectivity index (χ1n) is 8.48. The molecule has 0 aliphatic carbocycles. The number of carbonyl (C=O) groups excluding carboxylic acids is 2. The van der Waals surface area contributed by atoms with E-state index in [1.807, 2.05) is 38.1 Å². The van der Waals surface area contributed by atoms with E-state index in [0.29, 0.717) is 24.4 Å². The van der Waals surface area contributed by atoms with Crippen LogP contribution in [0.25, 0.3) is 0 Å². The predicted molar refractivity (Wildman–Crippen MR) is 104 cm³/mol. The Labute approximate surface area is 153 Å². The van der Waals surface area contributed by atoms with Gasteiger partial charge in [-0.15, -0.1) is 0 Å². The van der Waals surface area contributed by atoms with Crippen molar-refractivity contribution in [1.82, 2.24) is 5.32 Å². The number of nitrogens with one attached hydrogen (secondary N) is 3. The van der Waals surface area contributed by atoms with Crippen LogP contribution in [0.1, 0.15) is 21.5 Å². The van der Waals surface area contributed by atoms with Gasteiger partial charge < -0.3 is 20.7 Å². The number of amides is 2. The number of benzene rings is 2. The third-order valence-electron chi connectivity index (χ3n) is 3.96. The zero-order valence-corrected chi connectivity index (χ0v) is 15.4. The average molecular weight is 355 g/mol. The van der Waals surface area contributed by atoms with Crippen LogP contribution in [0.2, 0.25) is 0 Å². The highest BCUT2D eigenvalue weighted by molar-refractivity contribution is 5.96. The van der Waals surface area contributed by atoms with Crippen molar-refractivity contribution < 1.29 is 14.3 Å². The quantitative estimate of drug-likeness (QED) is 0.636. The van der Waals surface area contributed by atoms with Gasteiger partial charge in [-0.2, -0.15) is 0 Å². The fourth-order valence-corrected chi connectivity index (χ4v) is 2.35. The summed E-state index contributed by atoms with van der Waals surface area (Å²) in [5.41, 5.74) is 4.32. The molecule has 3 N–H and O–H groups in total. The molecule has 0 fully saturated rings. The summed E-state index contributed by atoms with van der Waals surface area (Å²) in [5, 5.41) is 8.66. The van der Waals surface area contributed by atoms with E-state index in [4.69, 9.17) is 4.74 Å². The van der Waals surface area contributed by atoms with Crippen molar-refractivity contribution in [3.8, 4) is 0 Å². The van der Waals surface area contributed by atoms with Crippen LogP contribution in [0.4, 0.5) is 11.4 Å². The maximum absolute atomic E-state index is 12.1. The summed E-state index contributed by atoms with van der Waals surface area (Å²) in [7, 11) is 1.58. The summed E-state index contributed by atoms with van der Waals surface area (Å²) in [6.45, 7) is 5.06. The Bertz CT molecular complexity index is 775. The van der Waals surface area contributed by atoms with E-state index in [9.17, 15) is 9.59 Å². The van der Waals surface area contributed by atoms with Gasteiger partial charge in [-0.05, 0) is 55.3 Å². The van der Waals surface area contributed by atoms with Gasteiger partial charge in [-0.25, -0.2) is 0 Å². The smallest absolute Gasteiger partial charge is 0.251 e. The fraction of sp³-hybridized carbons (Fsp3) is 0.300. The normalized spacial score (nSPS) is 10.3. The first-order chi connectivity index (χ1) is 12.5. The molecule has 0 aliphatic heterocycles. The number of ether oxygens (including phenoxy) is 1. The number of aryl methyl sites for hydroxylation is 2. The van der Waals surface area contributed by atoms with Crippen molar-refractivity contribution in [2.24, 2.45) is 0 Å². The number of hydrogen-bond acceptors (Lipinski definition) is 4. The van der Waals surface area contributed by atoms with E-state index in [2.05, 4.69) is 16.0 Å². The number of carbonyl (C=O) groups is 2. The van der Waals surface area contributed by atoms with Gasteiger partial charge in [0.1, 0.15) is 0 Å². The minimum absolute atomic E-state index is 0.113. The Morgan fingerprint density at radius 2 is 1.81 bits per heavy atom. The fourth-order valence-electron chi connectivity index (χ4n) is 2.35. The second kappa shape index (κ2) is 9.58. The molecule has 0 heterocycles. The van der Waals surface area contributed by atoms with Crippen LogP contribution < -0.4 is 16.0 Å². The Hall–Kier alpha value is -2.86. The molecule has 0 unspecified atom stereocenters. The van der Waals surface area contributed by atoms with E-state index < -0.39 is 0 Å². The first-order valence-corrected chi connectivity index (χ1v) is 8.48. The van der Waals surface area contributed by atoms with Crippen molar-refractivity contribution in [2.45, 2.75) is 13.8 Å². The van der Waals surface area contributed by atoms with Crippen molar-refractivity contribution in [3.63, 3.8) is 0 Å². The van der Waals surface area contributed by atoms with Crippen molar-refractivity contribution >= 4 is 23.2 Å².